The maximum atomic E-state index is 14.9. The molecule has 0 aliphatic carbocycles. The molecule has 1 fully saturated rings. The number of aryl methyl sites for hydroxylation is 1. The van der Waals surface area contributed by atoms with Crippen molar-refractivity contribution in [3.63, 3.8) is 0 Å². The zero-order valence-corrected chi connectivity index (χ0v) is 22.2. The number of piperazine rings is 1. The molecule has 1 aliphatic heterocycles. The van der Waals surface area contributed by atoms with E-state index in [0.29, 0.717) is 59.4 Å². The van der Waals surface area contributed by atoms with Crippen molar-refractivity contribution in [2.24, 2.45) is 0 Å². The molecule has 3 aromatic carbocycles. The van der Waals surface area contributed by atoms with E-state index in [4.69, 9.17) is 11.6 Å². The van der Waals surface area contributed by atoms with Gasteiger partial charge in [0.2, 0.25) is 0 Å². The van der Waals surface area contributed by atoms with E-state index in [1.165, 1.54) is 11.6 Å². The van der Waals surface area contributed by atoms with Gasteiger partial charge in [-0.05, 0) is 66.9 Å². The van der Waals surface area contributed by atoms with Crippen molar-refractivity contribution in [2.75, 3.05) is 26.2 Å². The molecular formula is C31H29ClFN3O2. The van der Waals surface area contributed by atoms with Gasteiger partial charge in [-0.2, -0.15) is 0 Å². The van der Waals surface area contributed by atoms with Gasteiger partial charge in [0.1, 0.15) is 5.82 Å². The molecule has 0 saturated carbocycles. The van der Waals surface area contributed by atoms with E-state index in [0.717, 1.165) is 12.0 Å². The van der Waals surface area contributed by atoms with E-state index in [-0.39, 0.29) is 17.6 Å². The van der Waals surface area contributed by atoms with Gasteiger partial charge in [-0.15, -0.1) is 0 Å². The normalized spacial score (nSPS) is 13.6. The fourth-order valence-corrected chi connectivity index (χ4v) is 5.07. The number of hydrogen-bond donors (Lipinski definition) is 0. The van der Waals surface area contributed by atoms with E-state index in [9.17, 15) is 14.0 Å². The number of amides is 2. The minimum Gasteiger partial charge on any atom is -0.335 e. The molecule has 4 aromatic rings. The summed E-state index contributed by atoms with van der Waals surface area (Å²) in [5.74, 6) is -0.529. The second-order valence-corrected chi connectivity index (χ2v) is 9.89. The van der Waals surface area contributed by atoms with Gasteiger partial charge >= 0.3 is 0 Å². The summed E-state index contributed by atoms with van der Waals surface area (Å²) in [5, 5.41) is 0.597. The summed E-state index contributed by atoms with van der Waals surface area (Å²) in [4.78, 5) is 30.3. The number of hydrogen-bond acceptors (Lipinski definition) is 2. The Balaban J connectivity index is 1.40. The molecule has 5 nitrogen and oxygen atoms in total. The van der Waals surface area contributed by atoms with Gasteiger partial charge in [0.15, 0.2) is 0 Å². The Morgan fingerprint density at radius 1 is 0.842 bits per heavy atom. The molecule has 0 radical (unpaired) electrons. The van der Waals surface area contributed by atoms with Crippen LogP contribution in [0.25, 0.3) is 16.9 Å². The average molecular weight is 530 g/mol. The summed E-state index contributed by atoms with van der Waals surface area (Å²) in [6, 6.07) is 23.3. The molecule has 1 aromatic heterocycles. The Morgan fingerprint density at radius 3 is 2.05 bits per heavy atom. The lowest BCUT2D eigenvalue weighted by Gasteiger charge is -2.35. The van der Waals surface area contributed by atoms with Crippen molar-refractivity contribution in [1.82, 2.24) is 14.4 Å². The molecule has 38 heavy (non-hydrogen) atoms. The van der Waals surface area contributed by atoms with Crippen molar-refractivity contribution >= 4 is 23.4 Å². The lowest BCUT2D eigenvalue weighted by Crippen LogP contribution is -2.50. The van der Waals surface area contributed by atoms with E-state index >= 15 is 0 Å². The lowest BCUT2D eigenvalue weighted by atomic mass is 10.1. The zero-order chi connectivity index (χ0) is 26.8. The second-order valence-electron chi connectivity index (χ2n) is 9.46. The van der Waals surface area contributed by atoms with Crippen LogP contribution in [0.3, 0.4) is 0 Å². The predicted molar refractivity (Wildman–Crippen MR) is 149 cm³/mol. The monoisotopic (exact) mass is 529 g/mol. The first-order valence-corrected chi connectivity index (χ1v) is 13.2. The zero-order valence-electron chi connectivity index (χ0n) is 21.5. The number of benzene rings is 3. The molecule has 0 bridgehead atoms. The average Bonchev–Trinajstić information content (AvgIpc) is 3.29. The number of nitrogens with zero attached hydrogens (tertiary/aromatic N) is 3. The molecule has 1 aliphatic rings. The van der Waals surface area contributed by atoms with Gasteiger partial charge < -0.3 is 14.4 Å². The highest BCUT2D eigenvalue weighted by molar-refractivity contribution is 6.30. The first kappa shape index (κ1) is 25.7. The van der Waals surface area contributed by atoms with Gasteiger partial charge in [-0.1, -0.05) is 54.9 Å². The highest BCUT2D eigenvalue weighted by Crippen LogP contribution is 2.32. The van der Waals surface area contributed by atoms with Crippen molar-refractivity contribution in [1.29, 1.82) is 0 Å². The molecule has 0 N–H and O–H groups in total. The Bertz CT molecular complexity index is 1470. The molecular weight excluding hydrogens is 501 g/mol. The van der Waals surface area contributed by atoms with Crippen LogP contribution in [0.15, 0.2) is 78.9 Å². The number of carbonyl (C=O) groups is 2. The van der Waals surface area contributed by atoms with Crippen LogP contribution in [-0.2, 0) is 6.42 Å². The molecule has 7 heteroatoms. The van der Waals surface area contributed by atoms with Gasteiger partial charge in [0, 0.05) is 42.5 Å². The summed E-state index contributed by atoms with van der Waals surface area (Å²) >= 11 is 6.10. The summed E-state index contributed by atoms with van der Waals surface area (Å²) < 4.78 is 16.7. The van der Waals surface area contributed by atoms with Crippen LogP contribution in [0.2, 0.25) is 5.02 Å². The van der Waals surface area contributed by atoms with Crippen LogP contribution < -0.4 is 0 Å². The van der Waals surface area contributed by atoms with Crippen LogP contribution in [-0.4, -0.2) is 52.4 Å². The van der Waals surface area contributed by atoms with Crippen molar-refractivity contribution in [3.05, 3.63) is 112 Å². The predicted octanol–water partition coefficient (Wildman–Crippen LogP) is 6.41. The smallest absolute Gasteiger partial charge is 0.255 e. The Labute approximate surface area is 227 Å². The van der Waals surface area contributed by atoms with Crippen LogP contribution in [0.1, 0.15) is 38.9 Å². The van der Waals surface area contributed by atoms with Crippen LogP contribution in [0.4, 0.5) is 4.39 Å². The maximum Gasteiger partial charge on any atom is 0.255 e. The first-order chi connectivity index (χ1) is 18.4. The maximum absolute atomic E-state index is 14.9. The van der Waals surface area contributed by atoms with Crippen LogP contribution in [0.5, 0.6) is 0 Å². The molecule has 194 valence electrons. The number of para-hydroxylation sites is 1. The second kappa shape index (κ2) is 10.8. The van der Waals surface area contributed by atoms with Crippen LogP contribution in [0, 0.1) is 12.7 Å². The van der Waals surface area contributed by atoms with Crippen molar-refractivity contribution < 1.29 is 14.0 Å². The summed E-state index contributed by atoms with van der Waals surface area (Å²) in [6.45, 7) is 5.68. The molecule has 2 amide bonds. The van der Waals surface area contributed by atoms with Crippen LogP contribution >= 0.6 is 11.6 Å². The third kappa shape index (κ3) is 4.96. The minimum atomic E-state index is -0.375. The number of halogens is 2. The summed E-state index contributed by atoms with van der Waals surface area (Å²) in [7, 11) is 0. The molecule has 0 unspecified atom stereocenters. The van der Waals surface area contributed by atoms with E-state index in [1.807, 2.05) is 49.4 Å². The number of aromatic nitrogens is 1. The highest BCUT2D eigenvalue weighted by atomic mass is 35.5. The van der Waals surface area contributed by atoms with E-state index in [2.05, 4.69) is 6.92 Å². The fraction of sp³-hybridized carbons (Fsp3) is 0.226. The standard InChI is InChI=1S/C31H29ClFN3O2/c1-3-22-8-10-24(11-9-22)30(37)34-16-18-35(19-17-34)31(38)26-20-29(23-12-14-25(32)15-13-23)36(21(26)2)28-7-5-4-6-27(28)33/h4-15,20H,3,16-19H2,1-2H3. The van der Waals surface area contributed by atoms with Crippen molar-refractivity contribution in [2.45, 2.75) is 20.3 Å². The summed E-state index contributed by atoms with van der Waals surface area (Å²) in [5.41, 5.74) is 4.91. The summed E-state index contributed by atoms with van der Waals surface area (Å²) in [6.07, 6.45) is 0.924. The third-order valence-electron chi connectivity index (χ3n) is 7.17. The van der Waals surface area contributed by atoms with Crippen molar-refractivity contribution in [3.8, 4) is 16.9 Å². The van der Waals surface area contributed by atoms with Gasteiger partial charge in [-0.3, -0.25) is 9.59 Å². The van der Waals surface area contributed by atoms with Gasteiger partial charge in [0.05, 0.1) is 16.9 Å². The number of carbonyl (C=O) groups excluding carboxylic acids is 2. The molecule has 0 atom stereocenters. The molecule has 0 spiro atoms. The largest absolute Gasteiger partial charge is 0.335 e. The third-order valence-corrected chi connectivity index (χ3v) is 7.43. The Hall–Kier alpha value is -3.90. The van der Waals surface area contributed by atoms with Gasteiger partial charge in [-0.25, -0.2) is 4.39 Å². The fourth-order valence-electron chi connectivity index (χ4n) is 4.95. The van der Waals surface area contributed by atoms with E-state index in [1.54, 1.807) is 44.7 Å². The highest BCUT2D eigenvalue weighted by Gasteiger charge is 2.29. The lowest BCUT2D eigenvalue weighted by molar-refractivity contribution is 0.0535. The quantitative estimate of drug-likeness (QED) is 0.300. The first-order valence-electron chi connectivity index (χ1n) is 12.8. The Kier molecular flexibility index (Phi) is 7.34. The number of rotatable bonds is 5. The topological polar surface area (TPSA) is 45.6 Å². The SMILES string of the molecule is CCc1ccc(C(=O)N2CCN(C(=O)c3cc(-c4ccc(Cl)cc4)n(-c4ccccc4F)c3C)CC2)cc1. The molecule has 5 rings (SSSR count). The van der Waals surface area contributed by atoms with Gasteiger partial charge in [0.25, 0.3) is 11.8 Å². The molecule has 1 saturated heterocycles. The Morgan fingerprint density at radius 2 is 1.45 bits per heavy atom. The molecule has 2 heterocycles. The minimum absolute atomic E-state index is 0.0216. The van der Waals surface area contributed by atoms with E-state index < -0.39 is 0 Å².